The smallest absolute Gasteiger partial charge is 0.267 e. The number of hydrogen-bond acceptors (Lipinski definition) is 6. The van der Waals surface area contributed by atoms with Gasteiger partial charge in [0, 0.05) is 11.1 Å². The first-order valence-electron chi connectivity index (χ1n) is 5.77. The number of nitrogens with two attached hydrogens (primary N) is 1. The van der Waals surface area contributed by atoms with Crippen LogP contribution in [0, 0.1) is 29.6 Å². The van der Waals surface area contributed by atoms with Gasteiger partial charge in [0.25, 0.3) is 5.91 Å². The van der Waals surface area contributed by atoms with Crippen LogP contribution in [0.25, 0.3) is 10.2 Å². The van der Waals surface area contributed by atoms with Crippen molar-refractivity contribution in [2.75, 3.05) is 18.8 Å². The molecule has 0 bridgehead atoms. The molecule has 0 spiro atoms. The summed E-state index contributed by atoms with van der Waals surface area (Å²) in [6.07, 6.45) is 0. The van der Waals surface area contributed by atoms with E-state index in [0.29, 0.717) is 15.4 Å². The van der Waals surface area contributed by atoms with Crippen LogP contribution in [0.3, 0.4) is 0 Å². The largest absolute Gasteiger partial charge is 0.397 e. The summed E-state index contributed by atoms with van der Waals surface area (Å²) in [7, 11) is 0. The van der Waals surface area contributed by atoms with Crippen LogP contribution in [0.5, 0.6) is 0 Å². The summed E-state index contributed by atoms with van der Waals surface area (Å²) < 4.78 is 0. The Morgan fingerprint density at radius 2 is 2.05 bits per heavy atom. The van der Waals surface area contributed by atoms with Crippen LogP contribution in [-0.2, 0) is 0 Å². The van der Waals surface area contributed by atoms with Gasteiger partial charge in [-0.2, -0.15) is 10.5 Å². The van der Waals surface area contributed by atoms with Crippen molar-refractivity contribution in [3.63, 3.8) is 0 Å². The Kier molecular flexibility index (Phi) is 3.83. The van der Waals surface area contributed by atoms with E-state index in [0.717, 1.165) is 16.0 Å². The lowest BCUT2D eigenvalue weighted by Crippen LogP contribution is -2.31. The first-order chi connectivity index (χ1) is 9.58. The number of carbonyl (C=O) groups is 1. The number of hydrogen-bond donors (Lipinski definition) is 1. The highest BCUT2D eigenvalue weighted by molar-refractivity contribution is 7.21. The van der Waals surface area contributed by atoms with Gasteiger partial charge in [-0.1, -0.05) is 0 Å². The van der Waals surface area contributed by atoms with Gasteiger partial charge in [-0.3, -0.25) is 4.79 Å². The molecule has 0 aromatic carbocycles. The van der Waals surface area contributed by atoms with Crippen LogP contribution in [0.15, 0.2) is 12.1 Å². The number of fused-ring (bicyclic) bond motifs is 1. The van der Waals surface area contributed by atoms with E-state index in [2.05, 4.69) is 4.98 Å². The fourth-order valence-corrected chi connectivity index (χ4v) is 2.87. The van der Waals surface area contributed by atoms with E-state index in [9.17, 15) is 4.79 Å². The summed E-state index contributed by atoms with van der Waals surface area (Å²) in [5.41, 5.74) is 7.16. The average Bonchev–Trinajstić information content (AvgIpc) is 2.74. The summed E-state index contributed by atoms with van der Waals surface area (Å²) in [5, 5.41) is 18.1. The molecule has 2 rings (SSSR count). The van der Waals surface area contributed by atoms with Gasteiger partial charge in [-0.25, -0.2) is 4.98 Å². The van der Waals surface area contributed by atoms with E-state index < -0.39 is 5.91 Å². The van der Waals surface area contributed by atoms with Crippen LogP contribution in [-0.4, -0.2) is 28.9 Å². The number of carbonyl (C=O) groups excluding carboxylic acids is 1. The van der Waals surface area contributed by atoms with Gasteiger partial charge in [-0.05, 0) is 19.1 Å². The van der Waals surface area contributed by atoms with Gasteiger partial charge < -0.3 is 10.6 Å². The first-order valence-corrected chi connectivity index (χ1v) is 6.59. The van der Waals surface area contributed by atoms with Crippen LogP contribution in [0.2, 0.25) is 0 Å². The molecule has 0 atom stereocenters. The minimum Gasteiger partial charge on any atom is -0.397 e. The van der Waals surface area contributed by atoms with Crippen molar-refractivity contribution in [2.45, 2.75) is 6.92 Å². The standard InChI is InChI=1S/C13H11N5OS/c1-8-2-3-9-10(16)11(20-12(9)17-8)13(19)18(6-4-14)7-5-15/h2-3H,6-7,16H2,1H3. The minimum absolute atomic E-state index is 0.146. The third kappa shape index (κ3) is 2.40. The summed E-state index contributed by atoms with van der Waals surface area (Å²) in [6, 6.07) is 7.38. The lowest BCUT2D eigenvalue weighted by Gasteiger charge is -2.14. The molecule has 0 unspecified atom stereocenters. The highest BCUT2D eigenvalue weighted by Gasteiger charge is 2.22. The van der Waals surface area contributed by atoms with Crippen molar-refractivity contribution in [1.82, 2.24) is 9.88 Å². The lowest BCUT2D eigenvalue weighted by molar-refractivity contribution is 0.0800. The summed E-state index contributed by atoms with van der Waals surface area (Å²) >= 11 is 1.18. The number of thiophene rings is 1. The van der Waals surface area contributed by atoms with Crippen molar-refractivity contribution in [1.29, 1.82) is 10.5 Å². The van der Waals surface area contributed by atoms with Gasteiger partial charge >= 0.3 is 0 Å². The number of rotatable bonds is 3. The Morgan fingerprint density at radius 1 is 1.40 bits per heavy atom. The van der Waals surface area contributed by atoms with Gasteiger partial charge in [0.15, 0.2) is 0 Å². The van der Waals surface area contributed by atoms with Gasteiger partial charge in [0.1, 0.15) is 22.8 Å². The predicted octanol–water partition coefficient (Wildman–Crippen LogP) is 1.68. The molecule has 2 heterocycles. The molecule has 0 fully saturated rings. The number of amides is 1. The normalized spacial score (nSPS) is 9.95. The molecule has 0 aliphatic heterocycles. The Bertz CT molecular complexity index is 736. The molecule has 0 radical (unpaired) electrons. The molecule has 2 aromatic rings. The van der Waals surface area contributed by atoms with Crippen LogP contribution < -0.4 is 5.73 Å². The highest BCUT2D eigenvalue weighted by Crippen LogP contribution is 2.33. The van der Waals surface area contributed by atoms with E-state index in [1.54, 1.807) is 0 Å². The third-order valence-corrected chi connectivity index (χ3v) is 3.84. The quantitative estimate of drug-likeness (QED) is 0.863. The molecule has 100 valence electrons. The van der Waals surface area contributed by atoms with E-state index >= 15 is 0 Å². The topological polar surface area (TPSA) is 107 Å². The highest BCUT2D eigenvalue weighted by atomic mass is 32.1. The molecule has 0 saturated carbocycles. The van der Waals surface area contributed by atoms with Crippen molar-refractivity contribution < 1.29 is 4.79 Å². The molecule has 7 heteroatoms. The van der Waals surface area contributed by atoms with Crippen molar-refractivity contribution in [3.8, 4) is 12.1 Å². The average molecular weight is 285 g/mol. The van der Waals surface area contributed by atoms with Crippen molar-refractivity contribution in [3.05, 3.63) is 22.7 Å². The maximum atomic E-state index is 12.3. The third-order valence-electron chi connectivity index (χ3n) is 2.74. The van der Waals surface area contributed by atoms with Crippen LogP contribution in [0.4, 0.5) is 5.69 Å². The van der Waals surface area contributed by atoms with Crippen molar-refractivity contribution in [2.24, 2.45) is 0 Å². The fraction of sp³-hybridized carbons (Fsp3) is 0.231. The van der Waals surface area contributed by atoms with Gasteiger partial charge in [-0.15, -0.1) is 11.3 Å². The zero-order chi connectivity index (χ0) is 14.7. The molecule has 0 aliphatic rings. The molecule has 0 aliphatic carbocycles. The van der Waals surface area contributed by atoms with Gasteiger partial charge in [0.2, 0.25) is 0 Å². The maximum Gasteiger partial charge on any atom is 0.267 e. The summed E-state index contributed by atoms with van der Waals surface area (Å²) in [6.45, 7) is 1.56. The zero-order valence-corrected chi connectivity index (χ0v) is 11.6. The second-order valence-electron chi connectivity index (χ2n) is 4.13. The SMILES string of the molecule is Cc1ccc2c(N)c(C(=O)N(CC#N)CC#N)sc2n1. The van der Waals surface area contributed by atoms with Crippen LogP contribution in [0.1, 0.15) is 15.4 Å². The minimum atomic E-state index is -0.411. The first kappa shape index (κ1) is 13.8. The second kappa shape index (κ2) is 5.55. The zero-order valence-electron chi connectivity index (χ0n) is 10.8. The number of aromatic nitrogens is 1. The Balaban J connectivity index is 2.47. The molecule has 6 nitrogen and oxygen atoms in total. The maximum absolute atomic E-state index is 12.3. The van der Waals surface area contributed by atoms with E-state index in [1.807, 2.05) is 31.2 Å². The van der Waals surface area contributed by atoms with E-state index in [-0.39, 0.29) is 13.1 Å². The Labute approximate surface area is 119 Å². The fourth-order valence-electron chi connectivity index (χ4n) is 1.76. The van der Waals surface area contributed by atoms with Gasteiger partial charge in [0.05, 0.1) is 17.8 Å². The number of nitriles is 2. The summed E-state index contributed by atoms with van der Waals surface area (Å²) in [5.74, 6) is -0.411. The summed E-state index contributed by atoms with van der Waals surface area (Å²) in [4.78, 5) is 18.8. The number of pyridine rings is 1. The Hall–Kier alpha value is -2.64. The van der Waals surface area contributed by atoms with Crippen molar-refractivity contribution >= 4 is 33.1 Å². The second-order valence-corrected chi connectivity index (χ2v) is 5.13. The molecular weight excluding hydrogens is 274 g/mol. The Morgan fingerprint density at radius 3 is 2.65 bits per heavy atom. The molecule has 1 amide bonds. The van der Waals surface area contributed by atoms with E-state index in [1.165, 1.54) is 11.3 Å². The van der Waals surface area contributed by atoms with Crippen LogP contribution >= 0.6 is 11.3 Å². The monoisotopic (exact) mass is 285 g/mol. The number of aryl methyl sites for hydroxylation is 1. The number of anilines is 1. The molecule has 20 heavy (non-hydrogen) atoms. The molecule has 2 N–H and O–H groups in total. The molecule has 2 aromatic heterocycles. The molecule has 0 saturated heterocycles. The van der Waals surface area contributed by atoms with E-state index in [4.69, 9.17) is 16.3 Å². The molecular formula is C13H11N5OS. The number of nitrogens with zero attached hydrogens (tertiary/aromatic N) is 4. The lowest BCUT2D eigenvalue weighted by atomic mass is 10.2. The predicted molar refractivity (Wildman–Crippen MR) is 75.9 cm³/mol. The number of nitrogen functional groups attached to an aromatic ring is 1.